The maximum Gasteiger partial charge on any atom is 0.215 e. The summed E-state index contributed by atoms with van der Waals surface area (Å²) in [6.07, 6.45) is 2.02. The Balaban J connectivity index is 1.56. The molecule has 0 radical (unpaired) electrons. The average molecular weight is 418 g/mol. The molecule has 0 unspecified atom stereocenters. The Morgan fingerprint density at radius 3 is 2.52 bits per heavy atom. The van der Waals surface area contributed by atoms with Gasteiger partial charge >= 0.3 is 0 Å². The van der Waals surface area contributed by atoms with Crippen LogP contribution < -0.4 is 4.74 Å². The summed E-state index contributed by atoms with van der Waals surface area (Å²) in [5.41, 5.74) is 3.55. The van der Waals surface area contributed by atoms with E-state index in [1.165, 1.54) is 0 Å². The van der Waals surface area contributed by atoms with Crippen LogP contribution in [0, 0.1) is 25.7 Å². The minimum absolute atomic E-state index is 0.116. The third-order valence-corrected chi connectivity index (χ3v) is 5.13. The minimum atomic E-state index is -0.895. The van der Waals surface area contributed by atoms with Crippen LogP contribution in [0.5, 0.6) is 11.5 Å². The summed E-state index contributed by atoms with van der Waals surface area (Å²) in [5, 5.41) is 0.881. The number of benzene rings is 2. The lowest BCUT2D eigenvalue weighted by atomic mass is 9.99. The van der Waals surface area contributed by atoms with Gasteiger partial charge in [-0.1, -0.05) is 18.2 Å². The predicted molar refractivity (Wildman–Crippen MR) is 115 cm³/mol. The van der Waals surface area contributed by atoms with Gasteiger partial charge in [0.05, 0.1) is 5.52 Å². The zero-order valence-electron chi connectivity index (χ0n) is 17.2. The third kappa shape index (κ3) is 4.58. The molecule has 0 aliphatic rings. The van der Waals surface area contributed by atoms with Crippen LogP contribution in [0.2, 0.25) is 0 Å². The van der Waals surface area contributed by atoms with Crippen molar-refractivity contribution in [3.63, 3.8) is 0 Å². The largest absolute Gasteiger partial charge is 0.456 e. The van der Waals surface area contributed by atoms with Crippen LogP contribution in [0.4, 0.5) is 8.78 Å². The molecule has 0 aliphatic heterocycles. The second-order valence-corrected chi connectivity index (χ2v) is 7.40. The Labute approximate surface area is 178 Å². The van der Waals surface area contributed by atoms with Crippen LogP contribution in [0.1, 0.15) is 33.5 Å². The molecule has 156 valence electrons. The van der Waals surface area contributed by atoms with E-state index < -0.39 is 11.9 Å². The molecule has 4 nitrogen and oxygen atoms in total. The van der Waals surface area contributed by atoms with Gasteiger partial charge in [0.25, 0.3) is 0 Å². The summed E-state index contributed by atoms with van der Waals surface area (Å²) < 4.78 is 32.7. The van der Waals surface area contributed by atoms with Gasteiger partial charge in [0, 0.05) is 29.1 Å². The molecule has 4 rings (SSSR count). The predicted octanol–water partition coefficient (Wildman–Crippen LogP) is 6.13. The topological polar surface area (TPSA) is 52.1 Å². The average Bonchev–Trinajstić information content (AvgIpc) is 2.73. The zero-order chi connectivity index (χ0) is 22.0. The fraction of sp³-hybridized carbons (Fsp3) is 0.160. The molecule has 0 atom stereocenters. The van der Waals surface area contributed by atoms with E-state index >= 15 is 0 Å². The minimum Gasteiger partial charge on any atom is -0.456 e. The summed E-state index contributed by atoms with van der Waals surface area (Å²) in [5.74, 6) is -0.696. The molecule has 0 bridgehead atoms. The van der Waals surface area contributed by atoms with Crippen molar-refractivity contribution in [1.82, 2.24) is 9.97 Å². The summed E-state index contributed by atoms with van der Waals surface area (Å²) in [6, 6.07) is 15.3. The molecule has 2 aromatic heterocycles. The number of ether oxygens (including phenoxy) is 1. The van der Waals surface area contributed by atoms with E-state index in [0.29, 0.717) is 28.2 Å². The first-order chi connectivity index (χ1) is 14.9. The number of carbonyl (C=O) groups is 1. The van der Waals surface area contributed by atoms with Gasteiger partial charge in [-0.05, 0) is 67.8 Å². The number of pyridine rings is 2. The highest BCUT2D eigenvalue weighted by Gasteiger charge is 2.15. The molecule has 0 spiro atoms. The van der Waals surface area contributed by atoms with Crippen LogP contribution in [0.15, 0.2) is 60.8 Å². The molecule has 0 amide bonds. The first-order valence-corrected chi connectivity index (χ1v) is 9.89. The number of Topliss-reactive ketones (excluding diaryl/α,β-unsaturated/α-hetero) is 1. The maximum atomic E-state index is 13.3. The van der Waals surface area contributed by atoms with E-state index in [4.69, 9.17) is 4.74 Å². The number of ketones is 1. The summed E-state index contributed by atoms with van der Waals surface area (Å²) in [6.45, 7) is 3.82. The van der Waals surface area contributed by atoms with Gasteiger partial charge < -0.3 is 4.74 Å². The standard InChI is InChI=1S/C25H20F2N2O2/c1-15-6-8-19-20(12-15)28-11-10-23(19)31-22-5-3-4-18(16(22)2)21(30)9-7-17-13-24(26)29-25(27)14-17/h3-6,8,10-14H,7,9H2,1-2H3. The Morgan fingerprint density at radius 1 is 0.968 bits per heavy atom. The fourth-order valence-electron chi connectivity index (χ4n) is 3.52. The van der Waals surface area contributed by atoms with Crippen molar-refractivity contribution in [3.8, 4) is 11.5 Å². The van der Waals surface area contributed by atoms with Crippen molar-refractivity contribution in [2.24, 2.45) is 0 Å². The molecule has 31 heavy (non-hydrogen) atoms. The van der Waals surface area contributed by atoms with Gasteiger partial charge in [-0.15, -0.1) is 0 Å². The molecule has 4 aromatic rings. The molecule has 6 heteroatoms. The highest BCUT2D eigenvalue weighted by molar-refractivity contribution is 5.98. The number of hydrogen-bond acceptors (Lipinski definition) is 4. The Hall–Kier alpha value is -3.67. The van der Waals surface area contributed by atoms with Crippen LogP contribution in [0.3, 0.4) is 0 Å². The SMILES string of the molecule is Cc1ccc2c(Oc3cccc(C(=O)CCc4cc(F)nc(F)c4)c3C)ccnc2c1. The quantitative estimate of drug-likeness (QED) is 0.279. The van der Waals surface area contributed by atoms with E-state index in [-0.39, 0.29) is 18.6 Å². The van der Waals surface area contributed by atoms with Gasteiger partial charge in [-0.2, -0.15) is 13.8 Å². The van der Waals surface area contributed by atoms with E-state index in [1.54, 1.807) is 30.5 Å². The molecule has 0 fully saturated rings. The lowest BCUT2D eigenvalue weighted by Gasteiger charge is -2.13. The highest BCUT2D eigenvalue weighted by Crippen LogP contribution is 2.32. The second kappa shape index (κ2) is 8.60. The van der Waals surface area contributed by atoms with Crippen LogP contribution in [0.25, 0.3) is 10.9 Å². The number of fused-ring (bicyclic) bond motifs is 1. The smallest absolute Gasteiger partial charge is 0.215 e. The molecule has 2 heterocycles. The van der Waals surface area contributed by atoms with Gasteiger partial charge in [0.1, 0.15) is 11.5 Å². The van der Waals surface area contributed by atoms with Crippen molar-refractivity contribution in [3.05, 3.63) is 94.9 Å². The van der Waals surface area contributed by atoms with E-state index in [0.717, 1.165) is 28.6 Å². The molecule has 0 aliphatic carbocycles. The highest BCUT2D eigenvalue weighted by atomic mass is 19.1. The number of hydrogen-bond donors (Lipinski definition) is 0. The van der Waals surface area contributed by atoms with Gasteiger partial charge in [-0.25, -0.2) is 0 Å². The first kappa shape index (κ1) is 20.6. The van der Waals surface area contributed by atoms with Gasteiger partial charge in [0.15, 0.2) is 5.78 Å². The van der Waals surface area contributed by atoms with Crippen LogP contribution in [-0.2, 0) is 6.42 Å². The Bertz CT molecular complexity index is 1270. The number of aryl methyl sites for hydroxylation is 2. The van der Waals surface area contributed by atoms with Crippen molar-refractivity contribution in [2.45, 2.75) is 26.7 Å². The number of halogens is 2. The fourth-order valence-corrected chi connectivity index (χ4v) is 3.52. The molecule has 2 aromatic carbocycles. The third-order valence-electron chi connectivity index (χ3n) is 5.13. The zero-order valence-corrected chi connectivity index (χ0v) is 17.2. The summed E-state index contributed by atoms with van der Waals surface area (Å²) in [7, 11) is 0. The number of aromatic nitrogens is 2. The molecule has 0 N–H and O–H groups in total. The monoisotopic (exact) mass is 418 g/mol. The molecule has 0 saturated heterocycles. The second-order valence-electron chi connectivity index (χ2n) is 7.40. The van der Waals surface area contributed by atoms with Crippen molar-refractivity contribution >= 4 is 16.7 Å². The first-order valence-electron chi connectivity index (χ1n) is 9.89. The van der Waals surface area contributed by atoms with Crippen LogP contribution in [-0.4, -0.2) is 15.8 Å². The lowest BCUT2D eigenvalue weighted by molar-refractivity contribution is 0.0981. The number of carbonyl (C=O) groups excluding carboxylic acids is 1. The van der Waals surface area contributed by atoms with E-state index in [1.807, 2.05) is 32.0 Å². The molecular formula is C25H20F2N2O2. The number of nitrogens with zero attached hydrogens (tertiary/aromatic N) is 2. The summed E-state index contributed by atoms with van der Waals surface area (Å²) >= 11 is 0. The van der Waals surface area contributed by atoms with Gasteiger partial charge in [0.2, 0.25) is 11.9 Å². The Kier molecular flexibility index (Phi) is 5.71. The molecule has 0 saturated carbocycles. The van der Waals surface area contributed by atoms with E-state index in [9.17, 15) is 13.6 Å². The van der Waals surface area contributed by atoms with E-state index in [2.05, 4.69) is 9.97 Å². The molecular weight excluding hydrogens is 398 g/mol. The van der Waals surface area contributed by atoms with Crippen LogP contribution >= 0.6 is 0 Å². The number of rotatable bonds is 6. The Morgan fingerprint density at radius 2 is 1.74 bits per heavy atom. The summed E-state index contributed by atoms with van der Waals surface area (Å²) in [4.78, 5) is 20.3. The normalized spacial score (nSPS) is 11.0. The maximum absolute atomic E-state index is 13.3. The van der Waals surface area contributed by atoms with Gasteiger partial charge in [-0.3, -0.25) is 9.78 Å². The van der Waals surface area contributed by atoms with Crippen molar-refractivity contribution in [2.75, 3.05) is 0 Å². The van der Waals surface area contributed by atoms with Crippen molar-refractivity contribution < 1.29 is 18.3 Å². The lowest BCUT2D eigenvalue weighted by Crippen LogP contribution is -2.05. The van der Waals surface area contributed by atoms with Crippen molar-refractivity contribution in [1.29, 1.82) is 0 Å².